The molecule has 4 unspecified atom stereocenters. The first-order valence-corrected chi connectivity index (χ1v) is 14.7. The zero-order chi connectivity index (χ0) is 28.5. The number of aliphatic hydroxyl groups excluding tert-OH is 1. The number of halogens is 2. The number of fused-ring (bicyclic) bond motifs is 8. The highest BCUT2D eigenvalue weighted by Crippen LogP contribution is 2.59. The molecular formula is C31H35F2N3O3S. The summed E-state index contributed by atoms with van der Waals surface area (Å²) in [6, 6.07) is 8.87. The molecule has 2 bridgehead atoms. The van der Waals surface area contributed by atoms with Crippen LogP contribution >= 0.6 is 11.8 Å². The van der Waals surface area contributed by atoms with Crippen LogP contribution in [0, 0.1) is 17.0 Å². The zero-order valence-corrected chi connectivity index (χ0v) is 23.6. The van der Waals surface area contributed by atoms with Crippen molar-refractivity contribution in [1.82, 2.24) is 15.2 Å². The van der Waals surface area contributed by atoms with Gasteiger partial charge < -0.3 is 10.2 Å². The minimum Gasteiger partial charge on any atom is -0.393 e. The fourth-order valence-corrected chi connectivity index (χ4v) is 7.51. The predicted molar refractivity (Wildman–Crippen MR) is 150 cm³/mol. The molecule has 1 fully saturated rings. The van der Waals surface area contributed by atoms with E-state index in [9.17, 15) is 23.8 Å². The molecule has 0 aliphatic heterocycles. The Balaban J connectivity index is 1.60. The van der Waals surface area contributed by atoms with Crippen molar-refractivity contribution in [3.8, 4) is 0 Å². The monoisotopic (exact) mass is 567 g/mol. The largest absolute Gasteiger partial charge is 0.393 e. The molecule has 1 aromatic heterocycles. The predicted octanol–water partition coefficient (Wildman–Crippen LogP) is 6.14. The number of nitrogens with one attached hydrogen (secondary N) is 1. The van der Waals surface area contributed by atoms with Crippen molar-refractivity contribution in [2.45, 2.75) is 81.6 Å². The number of ketones is 1. The first kappa shape index (κ1) is 28.6. The van der Waals surface area contributed by atoms with Crippen LogP contribution in [0.1, 0.15) is 85.3 Å². The number of carbonyl (C=O) groups is 1. The summed E-state index contributed by atoms with van der Waals surface area (Å²) in [6.45, 7) is 4.18. The number of aliphatic hydroxyl groups is 2. The number of aromatic amines is 1. The molecule has 0 amide bonds. The van der Waals surface area contributed by atoms with Gasteiger partial charge in [-0.25, -0.2) is 13.8 Å². The van der Waals surface area contributed by atoms with Gasteiger partial charge in [-0.05, 0) is 93.2 Å². The number of allylic oxidation sites excluding steroid dienone is 2. The van der Waals surface area contributed by atoms with Gasteiger partial charge in [-0.15, -0.1) is 0 Å². The van der Waals surface area contributed by atoms with Crippen LogP contribution < -0.4 is 0 Å². The molecular weight excluding hydrogens is 532 g/mol. The van der Waals surface area contributed by atoms with E-state index in [1.807, 2.05) is 12.1 Å². The van der Waals surface area contributed by atoms with Crippen LogP contribution in [0.25, 0.3) is 0 Å². The Labute approximate surface area is 237 Å². The number of benzene rings is 2. The van der Waals surface area contributed by atoms with Gasteiger partial charge in [-0.1, -0.05) is 42.5 Å². The summed E-state index contributed by atoms with van der Waals surface area (Å²) in [7, 11) is 0. The van der Waals surface area contributed by atoms with Crippen molar-refractivity contribution in [1.29, 1.82) is 0 Å². The summed E-state index contributed by atoms with van der Waals surface area (Å²) in [5.74, 6) is -2.24. The van der Waals surface area contributed by atoms with E-state index >= 15 is 0 Å². The zero-order valence-electron chi connectivity index (χ0n) is 22.8. The van der Waals surface area contributed by atoms with Crippen molar-refractivity contribution in [2.75, 3.05) is 5.75 Å². The minimum absolute atomic E-state index is 0.0633. The maximum Gasteiger partial charge on any atom is 0.193 e. The second kappa shape index (κ2) is 11.5. The van der Waals surface area contributed by atoms with Crippen LogP contribution in [-0.4, -0.2) is 48.6 Å². The van der Waals surface area contributed by atoms with Gasteiger partial charge in [-0.2, -0.15) is 5.10 Å². The fourth-order valence-electron chi connectivity index (χ4n) is 6.42. The molecule has 6 nitrogen and oxygen atoms in total. The third kappa shape index (κ3) is 5.64. The number of carbonyl (C=O) groups excluding carboxylic acids is 1. The normalized spacial score (nSPS) is 27.2. The number of thioether (sulfide) groups is 1. The lowest BCUT2D eigenvalue weighted by Gasteiger charge is -2.44. The number of H-pyrrole nitrogens is 1. The van der Waals surface area contributed by atoms with Crippen molar-refractivity contribution < 1.29 is 23.8 Å². The van der Waals surface area contributed by atoms with Crippen molar-refractivity contribution in [2.24, 2.45) is 5.41 Å². The number of rotatable bonds is 5. The fraction of sp³-hybridized carbons (Fsp3) is 0.452. The Hall–Kier alpha value is -2.88. The van der Waals surface area contributed by atoms with Gasteiger partial charge >= 0.3 is 0 Å². The van der Waals surface area contributed by atoms with E-state index in [1.54, 1.807) is 6.07 Å². The van der Waals surface area contributed by atoms with E-state index in [1.165, 1.54) is 29.7 Å². The Bertz CT molecular complexity index is 1410. The van der Waals surface area contributed by atoms with E-state index in [0.717, 1.165) is 36.1 Å². The minimum atomic E-state index is -1.08. The summed E-state index contributed by atoms with van der Waals surface area (Å²) in [4.78, 5) is 18.1. The molecule has 0 spiro atoms. The summed E-state index contributed by atoms with van der Waals surface area (Å²) in [5, 5.41) is 30.3. The third-order valence-corrected chi connectivity index (χ3v) is 10.0. The van der Waals surface area contributed by atoms with Gasteiger partial charge in [0, 0.05) is 22.3 Å². The van der Waals surface area contributed by atoms with Crippen LogP contribution in [-0.2, 0) is 6.42 Å². The molecule has 2 aromatic carbocycles. The number of hydrogen-bond donors (Lipinski definition) is 3. The van der Waals surface area contributed by atoms with Gasteiger partial charge in [-0.3, -0.25) is 9.89 Å². The van der Waals surface area contributed by atoms with Crippen LogP contribution in [0.3, 0.4) is 0 Å². The van der Waals surface area contributed by atoms with E-state index in [-0.39, 0.29) is 11.5 Å². The number of hydrogen-bond acceptors (Lipinski definition) is 6. The lowest BCUT2D eigenvalue weighted by molar-refractivity contribution is -0.0422. The molecule has 3 aliphatic carbocycles. The van der Waals surface area contributed by atoms with E-state index < -0.39 is 34.5 Å². The summed E-state index contributed by atoms with van der Waals surface area (Å²) >= 11 is 1.43. The number of aromatic nitrogens is 3. The molecule has 40 heavy (non-hydrogen) atoms. The Kier molecular flexibility index (Phi) is 8.27. The molecule has 0 saturated heterocycles. The van der Waals surface area contributed by atoms with E-state index in [4.69, 9.17) is 0 Å². The molecule has 3 aliphatic rings. The Morgan fingerprint density at radius 1 is 1.15 bits per heavy atom. The Morgan fingerprint density at radius 3 is 2.73 bits per heavy atom. The van der Waals surface area contributed by atoms with Gasteiger partial charge in [0.1, 0.15) is 6.33 Å². The quantitative estimate of drug-likeness (QED) is 0.195. The molecule has 6 rings (SSSR count). The Morgan fingerprint density at radius 2 is 1.98 bits per heavy atom. The van der Waals surface area contributed by atoms with Crippen LogP contribution in [0.2, 0.25) is 0 Å². The van der Waals surface area contributed by atoms with E-state index in [2.05, 4.69) is 35.1 Å². The van der Waals surface area contributed by atoms with Gasteiger partial charge in [0.25, 0.3) is 0 Å². The smallest absolute Gasteiger partial charge is 0.193 e. The average molecular weight is 568 g/mol. The lowest BCUT2D eigenvalue weighted by Crippen LogP contribution is -2.46. The van der Waals surface area contributed by atoms with Crippen molar-refractivity contribution in [3.63, 3.8) is 0 Å². The summed E-state index contributed by atoms with van der Waals surface area (Å²) in [6.07, 6.45) is 7.42. The maximum absolute atomic E-state index is 14.1. The van der Waals surface area contributed by atoms with Gasteiger partial charge in [0.2, 0.25) is 0 Å². The van der Waals surface area contributed by atoms with Crippen molar-refractivity contribution >= 4 is 17.5 Å². The SMILES string of the molecule is CC1=CCCC2(C)C(CCC2(O)CSc2ncn[nH]2)c2ccc(cc2C(=O)c2ccc(F)c(F)c2)CC(O)CC1. The first-order chi connectivity index (χ1) is 19.1. The molecule has 1 heterocycles. The molecule has 0 radical (unpaired) electrons. The molecule has 212 valence electrons. The highest BCUT2D eigenvalue weighted by molar-refractivity contribution is 7.99. The third-order valence-electron chi connectivity index (χ3n) is 8.94. The standard InChI is InChI=1S/C31H35F2N3O3S/c1-19-4-3-12-30(2)25(11-13-31(30,39)17-40-29-34-18-35-36-29)23-9-6-20(14-22(37)8-5-19)15-24(23)28(38)21-7-10-26(32)27(33)16-21/h4,6-7,9-10,15-16,18,22,25,37,39H,3,5,8,11-14,17H2,1-2H3,(H,34,35,36). The topological polar surface area (TPSA) is 99.1 Å². The van der Waals surface area contributed by atoms with Crippen LogP contribution in [0.4, 0.5) is 8.78 Å². The molecule has 1 saturated carbocycles. The molecule has 4 atom stereocenters. The number of nitrogens with zero attached hydrogens (tertiary/aromatic N) is 2. The molecule has 3 aromatic rings. The molecule has 3 N–H and O–H groups in total. The van der Waals surface area contributed by atoms with E-state index in [0.29, 0.717) is 48.6 Å². The lowest BCUT2D eigenvalue weighted by atomic mass is 9.65. The first-order valence-electron chi connectivity index (χ1n) is 13.8. The summed E-state index contributed by atoms with van der Waals surface area (Å²) in [5.41, 5.74) is 1.62. The second-order valence-corrected chi connectivity index (χ2v) is 12.4. The second-order valence-electron chi connectivity index (χ2n) is 11.5. The summed E-state index contributed by atoms with van der Waals surface area (Å²) < 4.78 is 27.8. The van der Waals surface area contributed by atoms with Gasteiger partial charge in [0.05, 0.1) is 11.7 Å². The highest BCUT2D eigenvalue weighted by atomic mass is 32.2. The van der Waals surface area contributed by atoms with Gasteiger partial charge in [0.15, 0.2) is 22.6 Å². The maximum atomic E-state index is 14.1. The highest BCUT2D eigenvalue weighted by Gasteiger charge is 2.56. The van der Waals surface area contributed by atoms with Crippen LogP contribution in [0.5, 0.6) is 0 Å². The average Bonchev–Trinajstić information content (AvgIpc) is 3.54. The van der Waals surface area contributed by atoms with Crippen molar-refractivity contribution in [3.05, 3.63) is 88.3 Å². The molecule has 9 heteroatoms. The van der Waals surface area contributed by atoms with Crippen LogP contribution in [0.15, 0.2) is 59.5 Å².